The van der Waals surface area contributed by atoms with Crippen LogP contribution in [0.4, 0.5) is 17.6 Å². The number of aliphatic carboxylic acids is 1. The molecule has 0 aliphatic rings. The maximum absolute atomic E-state index is 11.8. The van der Waals surface area contributed by atoms with Crippen molar-refractivity contribution in [2.45, 2.75) is 10.8 Å². The summed E-state index contributed by atoms with van der Waals surface area (Å²) in [6.07, 6.45) is -5.49. The average Bonchev–Trinajstić information content (AvgIpc) is 1.62. The first kappa shape index (κ1) is 14.2. The molecule has 0 heterocycles. The zero-order chi connectivity index (χ0) is 8.58. The van der Waals surface area contributed by atoms with Gasteiger partial charge in [0.1, 0.15) is 0 Å². The van der Waals surface area contributed by atoms with Crippen molar-refractivity contribution in [3.05, 3.63) is 0 Å². The molecule has 11 heavy (non-hydrogen) atoms. The summed E-state index contributed by atoms with van der Waals surface area (Å²) >= 11 is 1.31. The third-order valence-electron chi connectivity index (χ3n) is 0.612. The molecule has 0 N–H and O–H groups in total. The average molecular weight is 247 g/mol. The Morgan fingerprint density at radius 3 is 1.55 bits per heavy atom. The van der Waals surface area contributed by atoms with Gasteiger partial charge >= 0.3 is 35.7 Å². The molecule has 0 spiro atoms. The van der Waals surface area contributed by atoms with Gasteiger partial charge in [-0.1, -0.05) is 0 Å². The normalized spacial score (nSPS) is 16.5. The summed E-state index contributed by atoms with van der Waals surface area (Å²) in [4.78, 5) is 9.41. The number of alkyl halides is 5. The molecule has 0 aliphatic carbocycles. The molecule has 0 fully saturated rings. The summed E-state index contributed by atoms with van der Waals surface area (Å²) in [5.74, 6) is -2.86. The Bertz CT molecular complexity index is 156. The number of carboxylic acids is 1. The van der Waals surface area contributed by atoms with Crippen molar-refractivity contribution in [3.63, 3.8) is 0 Å². The molecule has 1 atom stereocenters. The van der Waals surface area contributed by atoms with E-state index in [1.54, 1.807) is 0 Å². The molecule has 0 aromatic heterocycles. The Balaban J connectivity index is 0. The van der Waals surface area contributed by atoms with E-state index < -0.39 is 16.7 Å². The molecule has 60 valence electrons. The van der Waals surface area contributed by atoms with Gasteiger partial charge < -0.3 is 9.90 Å². The molecule has 0 bridgehead atoms. The molecule has 0 amide bonds. The van der Waals surface area contributed by atoms with Crippen LogP contribution in [0.2, 0.25) is 0 Å². The second-order valence-corrected chi connectivity index (χ2v) is 2.45. The summed E-state index contributed by atoms with van der Waals surface area (Å²) in [6.45, 7) is 0. The van der Waals surface area contributed by atoms with Gasteiger partial charge in [0, 0.05) is 0 Å². The summed E-state index contributed by atoms with van der Waals surface area (Å²) in [7, 11) is 0. The molecule has 0 radical (unpaired) electrons. The van der Waals surface area contributed by atoms with Crippen LogP contribution in [-0.4, -0.2) is 16.7 Å². The molecule has 0 aromatic carbocycles. The first-order valence-corrected chi connectivity index (χ1v) is 2.65. The van der Waals surface area contributed by atoms with Crippen LogP contribution >= 0.6 is 15.9 Å². The molecule has 0 rings (SSSR count). The third-order valence-corrected chi connectivity index (χ3v) is 1.39. The molecule has 0 aliphatic heterocycles. The van der Waals surface area contributed by atoms with E-state index in [1.807, 2.05) is 0 Å². The van der Waals surface area contributed by atoms with Gasteiger partial charge in [0.25, 0.3) is 4.58 Å². The minimum Gasteiger partial charge on any atom is -0.545 e. The van der Waals surface area contributed by atoms with Crippen molar-refractivity contribution < 1.29 is 57.0 Å². The van der Waals surface area contributed by atoms with E-state index in [2.05, 4.69) is 0 Å². The maximum atomic E-state index is 11.8. The van der Waals surface area contributed by atoms with Crippen LogP contribution < -0.4 is 34.7 Å². The van der Waals surface area contributed by atoms with Crippen LogP contribution in [-0.2, 0) is 4.79 Å². The number of rotatable bonds is 1. The van der Waals surface area contributed by atoms with Crippen LogP contribution in [0.5, 0.6) is 0 Å². The number of carbonyl (C=O) groups is 1. The Labute approximate surface area is 89.4 Å². The number of carbonyl (C=O) groups excluding carboxylic acids is 1. The van der Waals surface area contributed by atoms with Crippen LogP contribution in [0, 0.1) is 0 Å². The predicted molar refractivity (Wildman–Crippen MR) is 23.8 cm³/mol. The van der Waals surface area contributed by atoms with Crippen molar-refractivity contribution in [1.29, 1.82) is 0 Å². The van der Waals surface area contributed by atoms with Gasteiger partial charge in [-0.25, -0.2) is 4.39 Å². The second kappa shape index (κ2) is 4.06. The molecule has 0 aromatic rings. The molecule has 2 nitrogen and oxygen atoms in total. The smallest absolute Gasteiger partial charge is 0.545 e. The molecular formula is C3BrF4NaO2. The predicted octanol–water partition coefficient (Wildman–Crippen LogP) is -2.64. The fourth-order valence-electron chi connectivity index (χ4n) is 0.116. The standard InChI is InChI=1S/C3HBrF4O2.Na/c4-2(5,1(9)10)3(6,7)8;/h(H,9,10);/q;+1/p-1. The van der Waals surface area contributed by atoms with Crippen molar-refractivity contribution in [2.24, 2.45) is 0 Å². The zero-order valence-corrected chi connectivity index (χ0v) is 8.79. The summed E-state index contributed by atoms with van der Waals surface area (Å²) < 4.78 is 41.1. The van der Waals surface area contributed by atoms with E-state index in [1.165, 1.54) is 15.9 Å². The first-order valence-electron chi connectivity index (χ1n) is 1.85. The van der Waals surface area contributed by atoms with Gasteiger partial charge in [0.05, 0.1) is 5.97 Å². The first-order chi connectivity index (χ1) is 4.19. The number of halogens is 5. The van der Waals surface area contributed by atoms with E-state index in [4.69, 9.17) is 0 Å². The Morgan fingerprint density at radius 2 is 1.55 bits per heavy atom. The van der Waals surface area contributed by atoms with E-state index >= 15 is 0 Å². The van der Waals surface area contributed by atoms with Crippen LogP contribution in [0.15, 0.2) is 0 Å². The molecule has 8 heteroatoms. The van der Waals surface area contributed by atoms with Gasteiger partial charge in [-0.2, -0.15) is 13.2 Å². The summed E-state index contributed by atoms with van der Waals surface area (Å²) in [5.41, 5.74) is 0. The minimum absolute atomic E-state index is 0. The van der Waals surface area contributed by atoms with Crippen molar-refractivity contribution in [1.82, 2.24) is 0 Å². The zero-order valence-electron chi connectivity index (χ0n) is 5.21. The maximum Gasteiger partial charge on any atom is 1.00 e. The Kier molecular flexibility index (Phi) is 5.25. The van der Waals surface area contributed by atoms with E-state index in [-0.39, 0.29) is 29.6 Å². The van der Waals surface area contributed by atoms with Crippen LogP contribution in [0.3, 0.4) is 0 Å². The van der Waals surface area contributed by atoms with Crippen molar-refractivity contribution in [3.8, 4) is 0 Å². The topological polar surface area (TPSA) is 40.1 Å². The molecular weight excluding hydrogens is 247 g/mol. The van der Waals surface area contributed by atoms with Gasteiger partial charge in [-0.05, 0) is 15.9 Å². The monoisotopic (exact) mass is 246 g/mol. The van der Waals surface area contributed by atoms with Gasteiger partial charge in [0.15, 0.2) is 0 Å². The number of carboxylic acid groups (broad SMARTS) is 1. The SMILES string of the molecule is O=C([O-])C(F)(Br)C(F)(F)F.[Na+]. The van der Waals surface area contributed by atoms with E-state index in [0.29, 0.717) is 0 Å². The van der Waals surface area contributed by atoms with Crippen LogP contribution in [0.1, 0.15) is 0 Å². The van der Waals surface area contributed by atoms with E-state index in [0.717, 1.165) is 0 Å². The third kappa shape index (κ3) is 3.27. The van der Waals surface area contributed by atoms with Crippen molar-refractivity contribution >= 4 is 21.9 Å². The van der Waals surface area contributed by atoms with Crippen molar-refractivity contribution in [2.75, 3.05) is 0 Å². The number of hydrogen-bond donors (Lipinski definition) is 0. The Hall–Kier alpha value is 0.670. The number of hydrogen-bond acceptors (Lipinski definition) is 2. The van der Waals surface area contributed by atoms with Gasteiger partial charge in [0.2, 0.25) is 0 Å². The summed E-state index contributed by atoms with van der Waals surface area (Å²) in [5, 5.41) is 9.41. The molecule has 1 unspecified atom stereocenters. The quantitative estimate of drug-likeness (QED) is 0.289. The van der Waals surface area contributed by atoms with Crippen LogP contribution in [0.25, 0.3) is 0 Å². The van der Waals surface area contributed by atoms with E-state index in [9.17, 15) is 27.5 Å². The van der Waals surface area contributed by atoms with Gasteiger partial charge in [-0.3, -0.25) is 0 Å². The minimum atomic E-state index is -5.49. The largest absolute Gasteiger partial charge is 1.00 e. The Morgan fingerprint density at radius 1 is 1.27 bits per heavy atom. The fraction of sp³-hybridized carbons (Fsp3) is 0.667. The molecule has 0 saturated carbocycles. The summed E-state index contributed by atoms with van der Waals surface area (Å²) in [6, 6.07) is 0. The fourth-order valence-corrected chi connectivity index (χ4v) is 0.116. The van der Waals surface area contributed by atoms with Gasteiger partial charge in [-0.15, -0.1) is 0 Å². The molecule has 0 saturated heterocycles. The second-order valence-electron chi connectivity index (χ2n) is 1.36.